The standard InChI is InChI=1S/C17H24N4/c1-12-4-7-16(10-13(12)2)19-15-8-5-14(6-9-15)17-20-18-11-21(17)3/h5-6,8-9,11-13,16,19H,4,7,10H2,1-3H3. The average Bonchev–Trinajstić information content (AvgIpc) is 2.90. The zero-order chi connectivity index (χ0) is 14.8. The lowest BCUT2D eigenvalue weighted by Gasteiger charge is -2.33. The average molecular weight is 284 g/mol. The van der Waals surface area contributed by atoms with Crippen molar-refractivity contribution < 1.29 is 0 Å². The van der Waals surface area contributed by atoms with Crippen LogP contribution < -0.4 is 5.32 Å². The molecule has 0 spiro atoms. The predicted octanol–water partition coefficient (Wildman–Crippen LogP) is 3.72. The molecule has 1 fully saturated rings. The first-order valence-electron chi connectivity index (χ1n) is 7.84. The Morgan fingerprint density at radius 2 is 1.86 bits per heavy atom. The lowest BCUT2D eigenvalue weighted by atomic mass is 9.79. The van der Waals surface area contributed by atoms with Gasteiger partial charge in [0.25, 0.3) is 0 Å². The van der Waals surface area contributed by atoms with Crippen molar-refractivity contribution in [1.29, 1.82) is 0 Å². The van der Waals surface area contributed by atoms with Crippen LogP contribution in [0.2, 0.25) is 0 Å². The lowest BCUT2D eigenvalue weighted by molar-refractivity contribution is 0.261. The van der Waals surface area contributed by atoms with Gasteiger partial charge in [0.05, 0.1) is 0 Å². The van der Waals surface area contributed by atoms with Crippen LogP contribution in [0.3, 0.4) is 0 Å². The number of aromatic nitrogens is 3. The van der Waals surface area contributed by atoms with Crippen molar-refractivity contribution >= 4 is 5.69 Å². The van der Waals surface area contributed by atoms with E-state index in [0.29, 0.717) is 6.04 Å². The number of hydrogen-bond acceptors (Lipinski definition) is 3. The molecule has 4 nitrogen and oxygen atoms in total. The van der Waals surface area contributed by atoms with Crippen molar-refractivity contribution in [1.82, 2.24) is 14.8 Å². The van der Waals surface area contributed by atoms with Gasteiger partial charge in [-0.25, -0.2) is 0 Å². The van der Waals surface area contributed by atoms with Crippen LogP contribution in [0.1, 0.15) is 33.1 Å². The molecule has 0 aliphatic heterocycles. The summed E-state index contributed by atoms with van der Waals surface area (Å²) in [5, 5.41) is 11.7. The Bertz CT molecular complexity index is 587. The summed E-state index contributed by atoms with van der Waals surface area (Å²) >= 11 is 0. The first kappa shape index (κ1) is 14.1. The van der Waals surface area contributed by atoms with Gasteiger partial charge in [0.15, 0.2) is 5.82 Å². The van der Waals surface area contributed by atoms with E-state index in [1.165, 1.54) is 24.9 Å². The van der Waals surface area contributed by atoms with Gasteiger partial charge in [0.1, 0.15) is 6.33 Å². The number of nitrogens with one attached hydrogen (secondary N) is 1. The van der Waals surface area contributed by atoms with Crippen LogP contribution in [0, 0.1) is 11.8 Å². The normalized spacial score (nSPS) is 25.8. The Morgan fingerprint density at radius 1 is 1.10 bits per heavy atom. The summed E-state index contributed by atoms with van der Waals surface area (Å²) < 4.78 is 1.94. The fraction of sp³-hybridized carbons (Fsp3) is 0.529. The third-order valence-corrected chi connectivity index (χ3v) is 4.82. The molecule has 1 aromatic carbocycles. The molecule has 4 heteroatoms. The number of aryl methyl sites for hydroxylation is 1. The SMILES string of the molecule is CC1CCC(Nc2ccc(-c3nncn3C)cc2)CC1C. The van der Waals surface area contributed by atoms with Crippen molar-refractivity contribution in [2.75, 3.05) is 5.32 Å². The summed E-state index contributed by atoms with van der Waals surface area (Å²) in [5.41, 5.74) is 2.30. The van der Waals surface area contributed by atoms with Crippen molar-refractivity contribution in [2.45, 2.75) is 39.2 Å². The van der Waals surface area contributed by atoms with Crippen molar-refractivity contribution in [3.8, 4) is 11.4 Å². The van der Waals surface area contributed by atoms with E-state index in [1.54, 1.807) is 6.33 Å². The summed E-state index contributed by atoms with van der Waals surface area (Å²) in [7, 11) is 1.96. The summed E-state index contributed by atoms with van der Waals surface area (Å²) in [6, 6.07) is 9.12. The molecular formula is C17H24N4. The van der Waals surface area contributed by atoms with E-state index >= 15 is 0 Å². The number of hydrogen-bond donors (Lipinski definition) is 1. The second-order valence-electron chi connectivity index (χ2n) is 6.45. The van der Waals surface area contributed by atoms with E-state index < -0.39 is 0 Å². The molecule has 21 heavy (non-hydrogen) atoms. The molecule has 0 amide bonds. The molecule has 2 aromatic rings. The first-order valence-corrected chi connectivity index (χ1v) is 7.84. The molecule has 1 aromatic heterocycles. The summed E-state index contributed by atoms with van der Waals surface area (Å²) in [6.07, 6.45) is 5.60. The highest BCUT2D eigenvalue weighted by Gasteiger charge is 2.24. The zero-order valence-electron chi connectivity index (χ0n) is 13.1. The fourth-order valence-corrected chi connectivity index (χ4v) is 3.17. The minimum Gasteiger partial charge on any atom is -0.382 e. The largest absolute Gasteiger partial charge is 0.382 e. The molecule has 3 rings (SSSR count). The van der Waals surface area contributed by atoms with E-state index in [1.807, 2.05) is 11.6 Å². The van der Waals surface area contributed by atoms with Gasteiger partial charge in [-0.3, -0.25) is 0 Å². The molecule has 0 radical (unpaired) electrons. The quantitative estimate of drug-likeness (QED) is 0.934. The van der Waals surface area contributed by atoms with Crippen molar-refractivity contribution in [3.05, 3.63) is 30.6 Å². The highest BCUT2D eigenvalue weighted by molar-refractivity contribution is 5.59. The van der Waals surface area contributed by atoms with Gasteiger partial charge in [0, 0.05) is 24.3 Å². The van der Waals surface area contributed by atoms with Gasteiger partial charge in [0.2, 0.25) is 0 Å². The molecule has 3 unspecified atom stereocenters. The Balaban J connectivity index is 1.66. The van der Waals surface area contributed by atoms with Crippen LogP contribution >= 0.6 is 0 Å². The first-order chi connectivity index (χ1) is 10.1. The highest BCUT2D eigenvalue weighted by Crippen LogP contribution is 2.31. The number of benzene rings is 1. The van der Waals surface area contributed by atoms with Crippen LogP contribution in [0.5, 0.6) is 0 Å². The van der Waals surface area contributed by atoms with Gasteiger partial charge in [-0.15, -0.1) is 10.2 Å². The molecule has 1 aliphatic rings. The molecule has 1 heterocycles. The van der Waals surface area contributed by atoms with E-state index in [0.717, 1.165) is 23.2 Å². The topological polar surface area (TPSA) is 42.7 Å². The molecule has 0 bridgehead atoms. The van der Waals surface area contributed by atoms with E-state index in [9.17, 15) is 0 Å². The minimum absolute atomic E-state index is 0.608. The maximum absolute atomic E-state index is 4.14. The maximum Gasteiger partial charge on any atom is 0.163 e. The Morgan fingerprint density at radius 3 is 2.48 bits per heavy atom. The molecule has 0 saturated heterocycles. The van der Waals surface area contributed by atoms with Crippen LogP contribution in [-0.2, 0) is 7.05 Å². The fourth-order valence-electron chi connectivity index (χ4n) is 3.17. The zero-order valence-corrected chi connectivity index (χ0v) is 13.1. The maximum atomic E-state index is 4.14. The van der Waals surface area contributed by atoms with Crippen LogP contribution in [0.4, 0.5) is 5.69 Å². The van der Waals surface area contributed by atoms with Crippen LogP contribution in [0.15, 0.2) is 30.6 Å². The minimum atomic E-state index is 0.608. The highest BCUT2D eigenvalue weighted by atomic mass is 15.2. The summed E-state index contributed by atoms with van der Waals surface area (Å²) in [5.74, 6) is 2.58. The van der Waals surface area contributed by atoms with Crippen LogP contribution in [-0.4, -0.2) is 20.8 Å². The predicted molar refractivity (Wildman–Crippen MR) is 86.0 cm³/mol. The molecule has 3 atom stereocenters. The third-order valence-electron chi connectivity index (χ3n) is 4.82. The molecule has 112 valence electrons. The summed E-state index contributed by atoms with van der Waals surface area (Å²) in [6.45, 7) is 4.74. The molecular weight excluding hydrogens is 260 g/mol. The second-order valence-corrected chi connectivity index (χ2v) is 6.45. The number of nitrogens with zero attached hydrogens (tertiary/aromatic N) is 3. The number of anilines is 1. The Hall–Kier alpha value is -1.84. The van der Waals surface area contributed by atoms with Gasteiger partial charge in [-0.2, -0.15) is 0 Å². The van der Waals surface area contributed by atoms with Crippen molar-refractivity contribution in [3.63, 3.8) is 0 Å². The van der Waals surface area contributed by atoms with Crippen molar-refractivity contribution in [2.24, 2.45) is 18.9 Å². The van der Waals surface area contributed by atoms with Gasteiger partial charge in [-0.1, -0.05) is 13.8 Å². The molecule has 1 N–H and O–H groups in total. The monoisotopic (exact) mass is 284 g/mol. The Labute approximate surface area is 126 Å². The smallest absolute Gasteiger partial charge is 0.163 e. The third kappa shape index (κ3) is 3.09. The Kier molecular flexibility index (Phi) is 3.95. The van der Waals surface area contributed by atoms with E-state index in [4.69, 9.17) is 0 Å². The lowest BCUT2D eigenvalue weighted by Crippen LogP contribution is -2.30. The van der Waals surface area contributed by atoms with Gasteiger partial charge >= 0.3 is 0 Å². The van der Waals surface area contributed by atoms with Gasteiger partial charge < -0.3 is 9.88 Å². The summed E-state index contributed by atoms with van der Waals surface area (Å²) in [4.78, 5) is 0. The molecule has 1 aliphatic carbocycles. The van der Waals surface area contributed by atoms with E-state index in [-0.39, 0.29) is 0 Å². The second kappa shape index (κ2) is 5.88. The number of rotatable bonds is 3. The molecule has 1 saturated carbocycles. The van der Waals surface area contributed by atoms with Gasteiger partial charge in [-0.05, 0) is 55.4 Å². The van der Waals surface area contributed by atoms with E-state index in [2.05, 4.69) is 53.6 Å². The van der Waals surface area contributed by atoms with Crippen LogP contribution in [0.25, 0.3) is 11.4 Å².